The molecule has 2 nitrogen and oxygen atoms in total. The van der Waals surface area contributed by atoms with Crippen molar-refractivity contribution in [2.24, 2.45) is 5.92 Å². The predicted molar refractivity (Wildman–Crippen MR) is 82.4 cm³/mol. The van der Waals surface area contributed by atoms with Crippen molar-refractivity contribution < 1.29 is 9.47 Å². The molecule has 1 saturated carbocycles. The van der Waals surface area contributed by atoms with E-state index in [2.05, 4.69) is 15.9 Å². The average Bonchev–Trinajstić information content (AvgIpc) is 2.65. The van der Waals surface area contributed by atoms with Crippen molar-refractivity contribution in [2.75, 3.05) is 13.7 Å². The Bertz CT molecular complexity index is 364. The Kier molecular flexibility index (Phi) is 6.02. The molecule has 0 saturated heterocycles. The molecule has 2 rings (SSSR count). The Hall–Kier alpha value is -0.700. The number of hydrogen-bond donors (Lipinski definition) is 0. The summed E-state index contributed by atoms with van der Waals surface area (Å²) in [5.74, 6) is 2.57. The minimum atomic E-state index is 0.675. The van der Waals surface area contributed by atoms with Crippen molar-refractivity contribution in [1.82, 2.24) is 0 Å². The van der Waals surface area contributed by atoms with Gasteiger partial charge in [0, 0.05) is 4.83 Å². The second-order valence-electron chi connectivity index (χ2n) is 5.23. The van der Waals surface area contributed by atoms with Crippen molar-refractivity contribution in [1.29, 1.82) is 0 Å². The Morgan fingerprint density at radius 1 is 1.05 bits per heavy atom. The first-order valence-electron chi connectivity index (χ1n) is 7.20. The van der Waals surface area contributed by atoms with Crippen molar-refractivity contribution >= 4 is 15.9 Å². The lowest BCUT2D eigenvalue weighted by atomic mass is 9.97. The maximum atomic E-state index is 5.82. The first-order valence-corrected chi connectivity index (χ1v) is 8.12. The first-order chi connectivity index (χ1) is 9.29. The Morgan fingerprint density at radius 2 is 1.74 bits per heavy atom. The van der Waals surface area contributed by atoms with Gasteiger partial charge in [-0.3, -0.25) is 0 Å². The Labute approximate surface area is 124 Å². The molecule has 0 N–H and O–H groups in total. The summed E-state index contributed by atoms with van der Waals surface area (Å²) in [5.41, 5.74) is 0. The van der Waals surface area contributed by atoms with Gasteiger partial charge in [0.05, 0.1) is 13.7 Å². The Morgan fingerprint density at radius 3 is 2.47 bits per heavy atom. The fourth-order valence-electron chi connectivity index (χ4n) is 2.66. The van der Waals surface area contributed by atoms with Gasteiger partial charge >= 0.3 is 0 Å². The third kappa shape index (κ3) is 4.72. The number of rotatable bonds is 5. The van der Waals surface area contributed by atoms with Crippen LogP contribution in [0, 0.1) is 5.92 Å². The van der Waals surface area contributed by atoms with Crippen LogP contribution in [-0.2, 0) is 0 Å². The van der Waals surface area contributed by atoms with Crippen LogP contribution >= 0.6 is 15.9 Å². The van der Waals surface area contributed by atoms with Crippen LogP contribution in [0.4, 0.5) is 0 Å². The van der Waals surface area contributed by atoms with Gasteiger partial charge in [0.25, 0.3) is 0 Å². The predicted octanol–water partition coefficient (Wildman–Crippen LogP) is 4.81. The van der Waals surface area contributed by atoms with Crippen LogP contribution in [0.5, 0.6) is 11.5 Å². The molecule has 0 aliphatic heterocycles. The molecule has 0 bridgehead atoms. The van der Waals surface area contributed by atoms with E-state index in [4.69, 9.17) is 9.47 Å². The van der Waals surface area contributed by atoms with E-state index in [9.17, 15) is 0 Å². The standard InChI is InChI=1S/C16H23BrO2/c1-18-14-7-9-15(10-8-14)19-12-11-13-5-3-2-4-6-16(13)17/h7-10,13,16H,2-6,11-12H2,1H3. The molecule has 1 fully saturated rings. The lowest BCUT2D eigenvalue weighted by Gasteiger charge is -2.19. The van der Waals surface area contributed by atoms with E-state index in [1.807, 2.05) is 24.3 Å². The molecule has 2 atom stereocenters. The van der Waals surface area contributed by atoms with Gasteiger partial charge in [0.1, 0.15) is 11.5 Å². The second kappa shape index (κ2) is 7.78. The summed E-state index contributed by atoms with van der Waals surface area (Å²) in [6.07, 6.45) is 7.91. The van der Waals surface area contributed by atoms with Crippen molar-refractivity contribution in [2.45, 2.75) is 43.4 Å². The minimum absolute atomic E-state index is 0.675. The SMILES string of the molecule is COc1ccc(OCCC2CCCCCC2Br)cc1. The van der Waals surface area contributed by atoms with E-state index in [-0.39, 0.29) is 0 Å². The number of alkyl halides is 1. The second-order valence-corrected chi connectivity index (χ2v) is 6.40. The molecule has 0 aromatic heterocycles. The molecule has 1 aromatic rings. The van der Waals surface area contributed by atoms with E-state index >= 15 is 0 Å². The summed E-state index contributed by atoms with van der Waals surface area (Å²) >= 11 is 3.84. The normalized spacial score (nSPS) is 23.7. The average molecular weight is 327 g/mol. The lowest BCUT2D eigenvalue weighted by molar-refractivity contribution is 0.270. The van der Waals surface area contributed by atoms with E-state index in [0.29, 0.717) is 4.83 Å². The maximum absolute atomic E-state index is 5.82. The van der Waals surface area contributed by atoms with Crippen LogP contribution in [0.25, 0.3) is 0 Å². The topological polar surface area (TPSA) is 18.5 Å². The largest absolute Gasteiger partial charge is 0.497 e. The molecule has 1 aliphatic rings. The third-order valence-corrected chi connectivity index (χ3v) is 5.09. The van der Waals surface area contributed by atoms with Gasteiger partial charge in [-0.2, -0.15) is 0 Å². The van der Waals surface area contributed by atoms with Gasteiger partial charge in [-0.1, -0.05) is 35.2 Å². The number of ether oxygens (including phenoxy) is 2. The summed E-state index contributed by atoms with van der Waals surface area (Å²) in [6.45, 7) is 0.805. The van der Waals surface area contributed by atoms with Gasteiger partial charge in [-0.15, -0.1) is 0 Å². The van der Waals surface area contributed by atoms with E-state index in [1.165, 1.54) is 32.1 Å². The number of hydrogen-bond acceptors (Lipinski definition) is 2. The van der Waals surface area contributed by atoms with Gasteiger partial charge in [-0.05, 0) is 49.4 Å². The molecule has 1 aliphatic carbocycles. The van der Waals surface area contributed by atoms with Crippen LogP contribution in [0.1, 0.15) is 38.5 Å². The highest BCUT2D eigenvalue weighted by molar-refractivity contribution is 9.09. The highest BCUT2D eigenvalue weighted by atomic mass is 79.9. The molecule has 106 valence electrons. The molecule has 0 amide bonds. The summed E-state index contributed by atoms with van der Waals surface area (Å²) in [6, 6.07) is 7.82. The van der Waals surface area contributed by atoms with E-state index in [0.717, 1.165) is 30.4 Å². The zero-order valence-electron chi connectivity index (χ0n) is 11.6. The van der Waals surface area contributed by atoms with Gasteiger partial charge < -0.3 is 9.47 Å². The quantitative estimate of drug-likeness (QED) is 0.571. The van der Waals surface area contributed by atoms with Gasteiger partial charge in [0.15, 0.2) is 0 Å². The first kappa shape index (κ1) is 14.7. The molecule has 19 heavy (non-hydrogen) atoms. The van der Waals surface area contributed by atoms with Crippen LogP contribution in [-0.4, -0.2) is 18.5 Å². The molecule has 0 spiro atoms. The van der Waals surface area contributed by atoms with Gasteiger partial charge in [0.2, 0.25) is 0 Å². The monoisotopic (exact) mass is 326 g/mol. The molecule has 0 heterocycles. The molecule has 1 aromatic carbocycles. The highest BCUT2D eigenvalue weighted by Crippen LogP contribution is 2.31. The van der Waals surface area contributed by atoms with Crippen molar-refractivity contribution in [3.8, 4) is 11.5 Å². The summed E-state index contributed by atoms with van der Waals surface area (Å²) in [5, 5.41) is 0. The lowest BCUT2D eigenvalue weighted by Crippen LogP contribution is -2.16. The van der Waals surface area contributed by atoms with E-state index in [1.54, 1.807) is 7.11 Å². The summed E-state index contributed by atoms with van der Waals surface area (Å²) < 4.78 is 11.0. The highest BCUT2D eigenvalue weighted by Gasteiger charge is 2.20. The molecule has 0 radical (unpaired) electrons. The minimum Gasteiger partial charge on any atom is -0.497 e. The molecular formula is C16H23BrO2. The zero-order valence-corrected chi connectivity index (χ0v) is 13.2. The molecular weight excluding hydrogens is 304 g/mol. The van der Waals surface area contributed by atoms with Crippen LogP contribution in [0.3, 0.4) is 0 Å². The van der Waals surface area contributed by atoms with E-state index < -0.39 is 0 Å². The fourth-order valence-corrected chi connectivity index (χ4v) is 3.52. The number of halogens is 1. The smallest absolute Gasteiger partial charge is 0.119 e. The molecule has 3 heteroatoms. The third-order valence-electron chi connectivity index (χ3n) is 3.88. The van der Waals surface area contributed by atoms with Crippen LogP contribution < -0.4 is 9.47 Å². The van der Waals surface area contributed by atoms with Crippen LogP contribution in [0.2, 0.25) is 0 Å². The number of methoxy groups -OCH3 is 1. The summed E-state index contributed by atoms with van der Waals surface area (Å²) in [4.78, 5) is 0.675. The van der Waals surface area contributed by atoms with Crippen LogP contribution in [0.15, 0.2) is 24.3 Å². The Balaban J connectivity index is 1.75. The van der Waals surface area contributed by atoms with Crippen molar-refractivity contribution in [3.05, 3.63) is 24.3 Å². The fraction of sp³-hybridized carbons (Fsp3) is 0.625. The maximum Gasteiger partial charge on any atom is 0.119 e. The number of benzene rings is 1. The molecule has 2 unspecified atom stereocenters. The van der Waals surface area contributed by atoms with Gasteiger partial charge in [-0.25, -0.2) is 0 Å². The van der Waals surface area contributed by atoms with Crippen molar-refractivity contribution in [3.63, 3.8) is 0 Å². The zero-order chi connectivity index (χ0) is 13.5. The summed E-state index contributed by atoms with van der Waals surface area (Å²) in [7, 11) is 1.68.